The van der Waals surface area contributed by atoms with Gasteiger partial charge in [0.2, 0.25) is 0 Å². The first-order chi connectivity index (χ1) is 6.18. The first-order valence-electron chi connectivity index (χ1n) is 3.83. The molecule has 0 aromatic carbocycles. The van der Waals surface area contributed by atoms with Crippen molar-refractivity contribution in [2.75, 3.05) is 19.4 Å². The summed E-state index contributed by atoms with van der Waals surface area (Å²) in [5, 5.41) is 0. The van der Waals surface area contributed by atoms with Crippen LogP contribution >= 0.6 is 7.60 Å². The van der Waals surface area contributed by atoms with Crippen LogP contribution < -0.4 is 0 Å². The zero-order valence-corrected chi connectivity index (χ0v) is 8.49. The summed E-state index contributed by atoms with van der Waals surface area (Å²) >= 11 is 0. The molecule has 0 aliphatic carbocycles. The van der Waals surface area contributed by atoms with E-state index in [9.17, 15) is 9.36 Å². The molecule has 0 N–H and O–H groups in total. The summed E-state index contributed by atoms with van der Waals surface area (Å²) in [6.07, 6.45) is 0.0197. The van der Waals surface area contributed by atoms with Crippen molar-refractivity contribution in [1.29, 1.82) is 0 Å². The predicted octanol–water partition coefficient (Wildman–Crippen LogP) is 1.31. The molecule has 0 bridgehead atoms. The van der Waals surface area contributed by atoms with E-state index in [0.717, 1.165) is 0 Å². The van der Waals surface area contributed by atoms with Gasteiger partial charge in [-0.15, -0.1) is 9.35 Å². The topological polar surface area (TPSA) is 71.1 Å². The zero-order valence-electron chi connectivity index (χ0n) is 7.60. The van der Waals surface area contributed by atoms with E-state index >= 15 is 0 Å². The summed E-state index contributed by atoms with van der Waals surface area (Å²) in [5.74, 6) is 0. The van der Waals surface area contributed by atoms with Gasteiger partial charge in [0.15, 0.2) is 0 Å². The van der Waals surface area contributed by atoms with Crippen LogP contribution in [0.3, 0.4) is 0 Å². The third kappa shape index (κ3) is 5.90. The second kappa shape index (κ2) is 7.17. The highest BCUT2D eigenvalue weighted by molar-refractivity contribution is 7.54. The Bertz CT molecular complexity index is 170. The summed E-state index contributed by atoms with van der Waals surface area (Å²) in [7, 11) is -3.56. The largest absolute Gasteiger partial charge is 0.391 e. The fraction of sp³-hybridized carbons (Fsp3) is 0.833. The van der Waals surface area contributed by atoms with E-state index in [0.29, 0.717) is 6.29 Å². The number of aldehydes is 1. The van der Waals surface area contributed by atoms with E-state index < -0.39 is 13.8 Å². The molecular formula is C6H13O6P. The van der Waals surface area contributed by atoms with Crippen molar-refractivity contribution in [2.24, 2.45) is 0 Å². The van der Waals surface area contributed by atoms with Crippen molar-refractivity contribution in [1.82, 2.24) is 0 Å². The van der Waals surface area contributed by atoms with Crippen molar-refractivity contribution in [3.63, 3.8) is 0 Å². The molecule has 13 heavy (non-hydrogen) atoms. The van der Waals surface area contributed by atoms with Crippen molar-refractivity contribution < 1.29 is 28.5 Å². The average Bonchev–Trinajstić information content (AvgIpc) is 2.12. The molecule has 0 aromatic heterocycles. The Balaban J connectivity index is 3.99. The minimum absolute atomic E-state index is 0.207. The van der Waals surface area contributed by atoms with Gasteiger partial charge in [-0.05, 0) is 13.8 Å². The van der Waals surface area contributed by atoms with Gasteiger partial charge in [-0.25, -0.2) is 9.78 Å². The van der Waals surface area contributed by atoms with Gasteiger partial charge in [-0.3, -0.25) is 4.57 Å². The highest BCUT2D eigenvalue weighted by Crippen LogP contribution is 2.47. The van der Waals surface area contributed by atoms with Gasteiger partial charge in [0.05, 0.1) is 13.2 Å². The van der Waals surface area contributed by atoms with Gasteiger partial charge in [-0.1, -0.05) is 0 Å². The maximum absolute atomic E-state index is 11.4. The second-order valence-electron chi connectivity index (χ2n) is 1.92. The van der Waals surface area contributed by atoms with Crippen LogP contribution in [0.15, 0.2) is 0 Å². The van der Waals surface area contributed by atoms with Crippen molar-refractivity contribution in [2.45, 2.75) is 13.8 Å². The van der Waals surface area contributed by atoms with Gasteiger partial charge in [0.25, 0.3) is 0 Å². The lowest BCUT2D eigenvalue weighted by atomic mass is 10.9. The SMILES string of the molecule is CCOOP(=O)(CC=O)OOCC. The van der Waals surface area contributed by atoms with Crippen molar-refractivity contribution in [3.8, 4) is 0 Å². The first-order valence-corrected chi connectivity index (χ1v) is 5.56. The molecule has 0 spiro atoms. The van der Waals surface area contributed by atoms with Gasteiger partial charge in [0.1, 0.15) is 12.4 Å². The van der Waals surface area contributed by atoms with Gasteiger partial charge in [0, 0.05) is 0 Å². The number of carbonyl (C=O) groups is 1. The number of hydrogen-bond donors (Lipinski definition) is 0. The number of hydrogen-bond acceptors (Lipinski definition) is 6. The van der Waals surface area contributed by atoms with Crippen LogP contribution in [0.1, 0.15) is 13.8 Å². The van der Waals surface area contributed by atoms with E-state index in [1.165, 1.54) is 0 Å². The van der Waals surface area contributed by atoms with Crippen LogP contribution in [-0.4, -0.2) is 25.7 Å². The Morgan fingerprint density at radius 2 is 1.62 bits per heavy atom. The summed E-state index contributed by atoms with van der Waals surface area (Å²) < 4.78 is 20.2. The molecule has 78 valence electrons. The third-order valence-corrected chi connectivity index (χ3v) is 2.13. The van der Waals surface area contributed by atoms with Gasteiger partial charge in [-0.2, -0.15) is 0 Å². The smallest absolute Gasteiger partial charge is 0.303 e. The molecule has 0 unspecified atom stereocenters. The monoisotopic (exact) mass is 212 g/mol. The van der Waals surface area contributed by atoms with Crippen LogP contribution in [-0.2, 0) is 28.5 Å². The Kier molecular flexibility index (Phi) is 7.03. The van der Waals surface area contributed by atoms with Crippen LogP contribution in [0.25, 0.3) is 0 Å². The zero-order chi connectivity index (χ0) is 10.2. The molecule has 0 rings (SSSR count). The van der Waals surface area contributed by atoms with E-state index in [1.807, 2.05) is 0 Å². The van der Waals surface area contributed by atoms with Crippen LogP contribution in [0, 0.1) is 0 Å². The summed E-state index contributed by atoms with van der Waals surface area (Å²) in [5.41, 5.74) is 0. The molecule has 0 aliphatic heterocycles. The quantitative estimate of drug-likeness (QED) is 0.261. The molecule has 6 nitrogen and oxygen atoms in total. The molecule has 0 aromatic rings. The molecule has 0 heterocycles. The second-order valence-corrected chi connectivity index (χ2v) is 3.81. The number of carbonyl (C=O) groups excluding carboxylic acids is 1. The lowest BCUT2D eigenvalue weighted by Crippen LogP contribution is -2.02. The molecular weight excluding hydrogens is 199 g/mol. The highest BCUT2D eigenvalue weighted by Gasteiger charge is 2.27. The van der Waals surface area contributed by atoms with Crippen molar-refractivity contribution in [3.05, 3.63) is 0 Å². The maximum atomic E-state index is 11.4. The standard InChI is InChI=1S/C6H13O6P/c1-3-9-11-13(8,6-5-7)12-10-4-2/h5H,3-4,6H2,1-2H3. The van der Waals surface area contributed by atoms with E-state index in [4.69, 9.17) is 0 Å². The Morgan fingerprint density at radius 1 is 1.15 bits per heavy atom. The van der Waals surface area contributed by atoms with E-state index in [1.54, 1.807) is 13.8 Å². The Hall–Kier alpha value is -0.260. The van der Waals surface area contributed by atoms with E-state index in [-0.39, 0.29) is 13.2 Å². The summed E-state index contributed by atoms with van der Waals surface area (Å²) in [6.45, 7) is 3.70. The van der Waals surface area contributed by atoms with Crippen LogP contribution in [0.5, 0.6) is 0 Å². The third-order valence-electron chi connectivity index (χ3n) is 0.866. The molecule has 0 radical (unpaired) electrons. The minimum atomic E-state index is -3.56. The fourth-order valence-electron chi connectivity index (χ4n) is 0.431. The molecule has 0 amide bonds. The van der Waals surface area contributed by atoms with Crippen LogP contribution in [0.2, 0.25) is 0 Å². The molecule has 7 heteroatoms. The molecule has 0 aliphatic rings. The van der Waals surface area contributed by atoms with Crippen LogP contribution in [0.4, 0.5) is 0 Å². The molecule has 0 saturated carbocycles. The molecule has 0 atom stereocenters. The minimum Gasteiger partial charge on any atom is -0.303 e. The van der Waals surface area contributed by atoms with Gasteiger partial charge >= 0.3 is 7.60 Å². The lowest BCUT2D eigenvalue weighted by molar-refractivity contribution is -0.262. The predicted molar refractivity (Wildman–Crippen MR) is 44.0 cm³/mol. The van der Waals surface area contributed by atoms with Gasteiger partial charge < -0.3 is 4.79 Å². The summed E-state index contributed by atoms with van der Waals surface area (Å²) in [6, 6.07) is 0. The van der Waals surface area contributed by atoms with E-state index in [2.05, 4.69) is 19.1 Å². The molecule has 0 saturated heterocycles. The Morgan fingerprint density at radius 3 is 1.92 bits per heavy atom. The first kappa shape index (κ1) is 12.7. The van der Waals surface area contributed by atoms with Crippen molar-refractivity contribution >= 4 is 13.9 Å². The number of rotatable bonds is 8. The molecule has 0 fully saturated rings. The average molecular weight is 212 g/mol. The Labute approximate surface area is 76.5 Å². The highest BCUT2D eigenvalue weighted by atomic mass is 31.2. The maximum Gasteiger partial charge on any atom is 0.391 e. The summed E-state index contributed by atoms with van der Waals surface area (Å²) in [4.78, 5) is 18.9. The normalized spacial score (nSPS) is 11.5. The lowest BCUT2D eigenvalue weighted by Gasteiger charge is -2.12. The fourth-order valence-corrected chi connectivity index (χ4v) is 1.29.